The van der Waals surface area contributed by atoms with E-state index in [-0.39, 0.29) is 5.92 Å². The van der Waals surface area contributed by atoms with Gasteiger partial charge in [0.05, 0.1) is 0 Å². The third-order valence-corrected chi connectivity index (χ3v) is 5.34. The second kappa shape index (κ2) is 5.95. The van der Waals surface area contributed by atoms with Crippen molar-refractivity contribution in [1.29, 1.82) is 0 Å². The summed E-state index contributed by atoms with van der Waals surface area (Å²) in [6.45, 7) is 6.84. The molecule has 0 N–H and O–H groups in total. The fourth-order valence-electron chi connectivity index (χ4n) is 4.55. The van der Waals surface area contributed by atoms with E-state index in [1.807, 2.05) is 0 Å². The Morgan fingerprint density at radius 1 is 1.05 bits per heavy atom. The monoisotopic (exact) mass is 266 g/mol. The van der Waals surface area contributed by atoms with Crippen molar-refractivity contribution < 1.29 is 9.53 Å². The molecule has 19 heavy (non-hydrogen) atoms. The molecule has 0 radical (unpaired) electrons. The summed E-state index contributed by atoms with van der Waals surface area (Å²) in [4.78, 5) is 13.0. The Bertz CT molecular complexity index is 315. The molecule has 2 aliphatic rings. The summed E-state index contributed by atoms with van der Waals surface area (Å²) < 4.78 is 5.79. The van der Waals surface area contributed by atoms with Gasteiger partial charge in [0.1, 0.15) is 5.60 Å². The van der Waals surface area contributed by atoms with Gasteiger partial charge in [0.2, 0.25) is 0 Å². The van der Waals surface area contributed by atoms with Gasteiger partial charge in [-0.15, -0.1) is 0 Å². The van der Waals surface area contributed by atoms with Crippen molar-refractivity contribution in [3.8, 4) is 0 Å². The molecule has 2 saturated carbocycles. The lowest BCUT2D eigenvalue weighted by atomic mass is 9.67. The molecule has 4 atom stereocenters. The van der Waals surface area contributed by atoms with Crippen molar-refractivity contribution in [3.05, 3.63) is 0 Å². The summed E-state index contributed by atoms with van der Waals surface area (Å²) in [6.07, 6.45) is 7.67. The Hall–Kier alpha value is -0.370. The predicted octanol–water partition coefficient (Wildman–Crippen LogP) is 4.22. The molecule has 0 bridgehead atoms. The first-order valence-electron chi connectivity index (χ1n) is 8.06. The van der Waals surface area contributed by atoms with Crippen LogP contribution in [0.4, 0.5) is 0 Å². The smallest absolute Gasteiger partial charge is 0.167 e. The van der Waals surface area contributed by atoms with Crippen LogP contribution in [-0.4, -0.2) is 18.5 Å². The summed E-state index contributed by atoms with van der Waals surface area (Å²) >= 11 is 0. The fraction of sp³-hybridized carbons (Fsp3) is 0.941. The van der Waals surface area contributed by atoms with Crippen molar-refractivity contribution in [2.24, 2.45) is 23.7 Å². The summed E-state index contributed by atoms with van der Waals surface area (Å²) in [5.74, 6) is 2.65. The fourth-order valence-corrected chi connectivity index (χ4v) is 4.55. The minimum absolute atomic E-state index is 0.240. The van der Waals surface area contributed by atoms with Gasteiger partial charge in [0.25, 0.3) is 0 Å². The molecule has 0 aromatic heterocycles. The van der Waals surface area contributed by atoms with Gasteiger partial charge in [-0.2, -0.15) is 0 Å². The largest absolute Gasteiger partial charge is 0.370 e. The summed E-state index contributed by atoms with van der Waals surface area (Å²) in [5.41, 5.74) is -0.459. The molecule has 4 unspecified atom stereocenters. The maximum absolute atomic E-state index is 13.0. The van der Waals surface area contributed by atoms with Crippen LogP contribution in [0.15, 0.2) is 0 Å². The van der Waals surface area contributed by atoms with Gasteiger partial charge in [-0.05, 0) is 56.3 Å². The van der Waals surface area contributed by atoms with E-state index in [4.69, 9.17) is 4.74 Å². The molecule has 0 spiro atoms. The van der Waals surface area contributed by atoms with Gasteiger partial charge >= 0.3 is 0 Å². The van der Waals surface area contributed by atoms with E-state index < -0.39 is 5.60 Å². The van der Waals surface area contributed by atoms with Crippen LogP contribution in [0.25, 0.3) is 0 Å². The molecule has 2 aliphatic carbocycles. The lowest BCUT2D eigenvalue weighted by Gasteiger charge is -2.42. The summed E-state index contributed by atoms with van der Waals surface area (Å²) in [5, 5.41) is 0. The van der Waals surface area contributed by atoms with Gasteiger partial charge in [0, 0.05) is 13.0 Å². The van der Waals surface area contributed by atoms with Crippen molar-refractivity contribution >= 4 is 5.78 Å². The zero-order valence-corrected chi connectivity index (χ0v) is 13.1. The number of hydrogen-bond donors (Lipinski definition) is 0. The van der Waals surface area contributed by atoms with Gasteiger partial charge in [0.15, 0.2) is 5.78 Å². The van der Waals surface area contributed by atoms with Crippen LogP contribution in [0.5, 0.6) is 0 Å². The Labute approximate surface area is 118 Å². The standard InChI is InChI=1S/C17H30O2/c1-12-6-5-7-17(11-12,19-4)16(18)15-9-13(2)8-14(3)10-15/h12-15H,5-11H2,1-4H3. The van der Waals surface area contributed by atoms with E-state index >= 15 is 0 Å². The zero-order chi connectivity index (χ0) is 14.0. The van der Waals surface area contributed by atoms with Crippen LogP contribution in [0.1, 0.15) is 65.7 Å². The molecule has 0 amide bonds. The molecule has 0 saturated heterocycles. The van der Waals surface area contributed by atoms with Crippen LogP contribution >= 0.6 is 0 Å². The van der Waals surface area contributed by atoms with Crippen LogP contribution in [0, 0.1) is 23.7 Å². The minimum atomic E-state index is -0.459. The van der Waals surface area contributed by atoms with Gasteiger partial charge in [-0.1, -0.05) is 27.2 Å². The SMILES string of the molecule is COC1(C(=O)C2CC(C)CC(C)C2)CCCC(C)C1. The van der Waals surface area contributed by atoms with Crippen LogP contribution in [0.3, 0.4) is 0 Å². The van der Waals surface area contributed by atoms with E-state index in [9.17, 15) is 4.79 Å². The molecule has 0 heterocycles. The Balaban J connectivity index is 2.11. The molecule has 2 fully saturated rings. The highest BCUT2D eigenvalue weighted by Crippen LogP contribution is 2.42. The van der Waals surface area contributed by atoms with E-state index in [1.54, 1.807) is 7.11 Å². The number of ether oxygens (including phenoxy) is 1. The van der Waals surface area contributed by atoms with Crippen LogP contribution in [0.2, 0.25) is 0 Å². The Morgan fingerprint density at radius 2 is 1.68 bits per heavy atom. The second-order valence-corrected chi connectivity index (χ2v) is 7.38. The third-order valence-electron chi connectivity index (χ3n) is 5.34. The highest BCUT2D eigenvalue weighted by Gasteiger charge is 2.45. The second-order valence-electron chi connectivity index (χ2n) is 7.38. The van der Waals surface area contributed by atoms with Crippen molar-refractivity contribution in [1.82, 2.24) is 0 Å². The first-order chi connectivity index (χ1) is 8.97. The van der Waals surface area contributed by atoms with Crippen molar-refractivity contribution in [2.45, 2.75) is 71.3 Å². The summed E-state index contributed by atoms with van der Waals surface area (Å²) in [6, 6.07) is 0. The van der Waals surface area contributed by atoms with E-state index in [0.717, 1.165) is 32.1 Å². The quantitative estimate of drug-likeness (QED) is 0.764. The maximum Gasteiger partial charge on any atom is 0.167 e. The number of hydrogen-bond acceptors (Lipinski definition) is 2. The molecule has 0 aromatic rings. The first-order valence-corrected chi connectivity index (χ1v) is 8.06. The predicted molar refractivity (Wildman–Crippen MR) is 78.0 cm³/mol. The molecule has 2 rings (SSSR count). The Morgan fingerprint density at radius 3 is 2.21 bits per heavy atom. The molecule has 0 aliphatic heterocycles. The summed E-state index contributed by atoms with van der Waals surface area (Å²) in [7, 11) is 1.74. The average molecular weight is 266 g/mol. The first kappa shape index (κ1) is 15.0. The van der Waals surface area contributed by atoms with E-state index in [1.165, 1.54) is 12.8 Å². The van der Waals surface area contributed by atoms with E-state index in [2.05, 4.69) is 20.8 Å². The number of carbonyl (C=O) groups is 1. The maximum atomic E-state index is 13.0. The zero-order valence-electron chi connectivity index (χ0n) is 13.1. The lowest BCUT2D eigenvalue weighted by molar-refractivity contribution is -0.153. The molecule has 110 valence electrons. The highest BCUT2D eigenvalue weighted by molar-refractivity contribution is 5.89. The Kier molecular flexibility index (Phi) is 4.70. The molecule has 2 nitrogen and oxygen atoms in total. The average Bonchev–Trinajstić information content (AvgIpc) is 2.36. The number of carbonyl (C=O) groups excluding carboxylic acids is 1. The molecular weight excluding hydrogens is 236 g/mol. The number of methoxy groups -OCH3 is 1. The van der Waals surface area contributed by atoms with Crippen LogP contribution in [-0.2, 0) is 9.53 Å². The highest BCUT2D eigenvalue weighted by atomic mass is 16.5. The number of Topliss-reactive ketones (excluding diaryl/α,β-unsaturated/α-hetero) is 1. The number of rotatable bonds is 3. The lowest BCUT2D eigenvalue weighted by Crippen LogP contribution is -2.48. The third kappa shape index (κ3) is 3.21. The minimum Gasteiger partial charge on any atom is -0.370 e. The van der Waals surface area contributed by atoms with Gasteiger partial charge in [-0.3, -0.25) is 4.79 Å². The molecule has 0 aromatic carbocycles. The normalized spacial score (nSPS) is 44.0. The molecular formula is C17H30O2. The molecule has 2 heteroatoms. The van der Waals surface area contributed by atoms with Crippen LogP contribution < -0.4 is 0 Å². The topological polar surface area (TPSA) is 26.3 Å². The van der Waals surface area contributed by atoms with Gasteiger partial charge < -0.3 is 4.74 Å². The number of ketones is 1. The van der Waals surface area contributed by atoms with E-state index in [0.29, 0.717) is 23.5 Å². The van der Waals surface area contributed by atoms with Crippen molar-refractivity contribution in [3.63, 3.8) is 0 Å². The van der Waals surface area contributed by atoms with Gasteiger partial charge in [-0.25, -0.2) is 0 Å². The van der Waals surface area contributed by atoms with Crippen molar-refractivity contribution in [2.75, 3.05) is 7.11 Å².